The summed E-state index contributed by atoms with van der Waals surface area (Å²) in [6.45, 7) is 9.76. The Labute approximate surface area is 133 Å². The van der Waals surface area contributed by atoms with E-state index in [-0.39, 0.29) is 12.5 Å². The van der Waals surface area contributed by atoms with Crippen molar-refractivity contribution in [1.29, 1.82) is 0 Å². The molecule has 2 N–H and O–H groups in total. The molecular weight excluding hydrogens is 276 g/mol. The number of aliphatic imine (C=N–C) groups is 1. The van der Waals surface area contributed by atoms with Gasteiger partial charge >= 0.3 is 0 Å². The van der Waals surface area contributed by atoms with E-state index in [9.17, 15) is 0 Å². The molecule has 0 saturated carbocycles. The highest BCUT2D eigenvalue weighted by atomic mass is 16.3. The minimum atomic E-state index is 0.185. The highest BCUT2D eigenvalue weighted by Crippen LogP contribution is 2.15. The zero-order valence-electron chi connectivity index (χ0n) is 13.7. The predicted octanol–water partition coefficient (Wildman–Crippen LogP) is 1.40. The molecule has 0 aliphatic carbocycles. The summed E-state index contributed by atoms with van der Waals surface area (Å²) >= 11 is 0. The van der Waals surface area contributed by atoms with Gasteiger partial charge in [-0.25, -0.2) is 0 Å². The first-order valence-electron chi connectivity index (χ1n) is 8.18. The van der Waals surface area contributed by atoms with Crippen LogP contribution < -0.4 is 10.2 Å². The number of rotatable bonds is 5. The third kappa shape index (κ3) is 4.63. The molecule has 5 heteroatoms. The third-order valence-corrected chi connectivity index (χ3v) is 3.90. The van der Waals surface area contributed by atoms with E-state index >= 15 is 0 Å². The van der Waals surface area contributed by atoms with Crippen molar-refractivity contribution in [3.05, 3.63) is 30.3 Å². The second kappa shape index (κ2) is 8.63. The number of piperazine rings is 1. The highest BCUT2D eigenvalue weighted by molar-refractivity contribution is 5.80. The molecular formula is C17H28N4O. The van der Waals surface area contributed by atoms with Crippen molar-refractivity contribution in [1.82, 2.24) is 10.2 Å². The van der Waals surface area contributed by atoms with Gasteiger partial charge in [-0.15, -0.1) is 0 Å². The van der Waals surface area contributed by atoms with E-state index in [0.29, 0.717) is 6.54 Å². The quantitative estimate of drug-likeness (QED) is 0.638. The molecule has 2 rings (SSSR count). The predicted molar refractivity (Wildman–Crippen MR) is 92.5 cm³/mol. The number of anilines is 1. The van der Waals surface area contributed by atoms with Gasteiger partial charge < -0.3 is 20.2 Å². The molecule has 1 unspecified atom stereocenters. The molecule has 0 spiro atoms. The van der Waals surface area contributed by atoms with Crippen LogP contribution in [0.1, 0.15) is 13.8 Å². The second-order valence-corrected chi connectivity index (χ2v) is 5.79. The summed E-state index contributed by atoms with van der Waals surface area (Å²) < 4.78 is 0. The van der Waals surface area contributed by atoms with Crippen LogP contribution in [0.15, 0.2) is 35.3 Å². The van der Waals surface area contributed by atoms with E-state index in [4.69, 9.17) is 5.11 Å². The van der Waals surface area contributed by atoms with Crippen LogP contribution in [0.2, 0.25) is 0 Å². The lowest BCUT2D eigenvalue weighted by atomic mass is 10.2. The Balaban J connectivity index is 1.92. The maximum atomic E-state index is 9.14. The van der Waals surface area contributed by atoms with Crippen molar-refractivity contribution in [2.24, 2.45) is 10.9 Å². The number of benzene rings is 1. The summed E-state index contributed by atoms with van der Waals surface area (Å²) in [5.41, 5.74) is 1.29. The van der Waals surface area contributed by atoms with Gasteiger partial charge in [-0.05, 0) is 25.0 Å². The summed E-state index contributed by atoms with van der Waals surface area (Å²) in [6.07, 6.45) is 0. The Morgan fingerprint density at radius 1 is 1.23 bits per heavy atom. The van der Waals surface area contributed by atoms with Crippen LogP contribution >= 0.6 is 0 Å². The van der Waals surface area contributed by atoms with Gasteiger partial charge in [0.25, 0.3) is 0 Å². The van der Waals surface area contributed by atoms with E-state index in [0.717, 1.165) is 38.7 Å². The fourth-order valence-electron chi connectivity index (χ4n) is 2.54. The largest absolute Gasteiger partial charge is 0.396 e. The molecule has 0 aromatic heterocycles. The van der Waals surface area contributed by atoms with Gasteiger partial charge in [-0.1, -0.05) is 25.1 Å². The number of hydrogen-bond donors (Lipinski definition) is 2. The Bertz CT molecular complexity index is 455. The minimum Gasteiger partial charge on any atom is -0.396 e. The smallest absolute Gasteiger partial charge is 0.194 e. The number of hydrogen-bond acceptors (Lipinski definition) is 3. The van der Waals surface area contributed by atoms with E-state index in [1.165, 1.54) is 5.69 Å². The minimum absolute atomic E-state index is 0.185. The molecule has 22 heavy (non-hydrogen) atoms. The van der Waals surface area contributed by atoms with Crippen LogP contribution in [0, 0.1) is 5.92 Å². The third-order valence-electron chi connectivity index (χ3n) is 3.90. The van der Waals surface area contributed by atoms with Crippen LogP contribution in [-0.2, 0) is 0 Å². The summed E-state index contributed by atoms with van der Waals surface area (Å²) in [5.74, 6) is 1.18. The van der Waals surface area contributed by atoms with Crippen molar-refractivity contribution in [2.45, 2.75) is 13.8 Å². The molecule has 1 saturated heterocycles. The van der Waals surface area contributed by atoms with Gasteiger partial charge in [0.15, 0.2) is 5.96 Å². The van der Waals surface area contributed by atoms with Crippen molar-refractivity contribution < 1.29 is 5.11 Å². The molecule has 1 aromatic rings. The first-order chi connectivity index (χ1) is 10.7. The molecule has 1 aliphatic heterocycles. The maximum absolute atomic E-state index is 9.14. The fraction of sp³-hybridized carbons (Fsp3) is 0.588. The Morgan fingerprint density at radius 2 is 1.91 bits per heavy atom. The molecule has 0 bridgehead atoms. The Hall–Kier alpha value is -1.75. The highest BCUT2D eigenvalue weighted by Gasteiger charge is 2.19. The van der Waals surface area contributed by atoms with Crippen LogP contribution in [0.3, 0.4) is 0 Å². The zero-order chi connectivity index (χ0) is 15.8. The SMILES string of the molecule is CCNC(=NCC(C)CO)N1CCN(c2ccccc2)CC1. The maximum Gasteiger partial charge on any atom is 0.194 e. The van der Waals surface area contributed by atoms with Crippen LogP contribution in [0.5, 0.6) is 0 Å². The molecule has 1 fully saturated rings. The van der Waals surface area contributed by atoms with Crippen LogP contribution in [-0.4, -0.2) is 61.8 Å². The first kappa shape index (κ1) is 16.6. The molecule has 0 radical (unpaired) electrons. The van der Waals surface area contributed by atoms with E-state index in [1.807, 2.05) is 6.92 Å². The average Bonchev–Trinajstić information content (AvgIpc) is 2.59. The standard InChI is InChI=1S/C17H28N4O/c1-3-18-17(19-13-15(2)14-22)21-11-9-20(10-12-21)16-7-5-4-6-8-16/h4-8,15,22H,3,9-14H2,1-2H3,(H,18,19). The van der Waals surface area contributed by atoms with Gasteiger partial charge in [-0.3, -0.25) is 4.99 Å². The summed E-state index contributed by atoms with van der Waals surface area (Å²) in [7, 11) is 0. The monoisotopic (exact) mass is 304 g/mol. The van der Waals surface area contributed by atoms with Crippen LogP contribution in [0.4, 0.5) is 5.69 Å². The first-order valence-corrected chi connectivity index (χ1v) is 8.18. The van der Waals surface area contributed by atoms with Gasteiger partial charge in [0.2, 0.25) is 0 Å². The number of guanidine groups is 1. The lowest BCUT2D eigenvalue weighted by Crippen LogP contribution is -2.52. The zero-order valence-corrected chi connectivity index (χ0v) is 13.7. The van der Waals surface area contributed by atoms with E-state index < -0.39 is 0 Å². The number of aliphatic hydroxyl groups excluding tert-OH is 1. The summed E-state index contributed by atoms with van der Waals surface area (Å²) in [4.78, 5) is 9.38. The van der Waals surface area contributed by atoms with Crippen LogP contribution in [0.25, 0.3) is 0 Å². The van der Waals surface area contributed by atoms with Gasteiger partial charge in [0, 0.05) is 51.6 Å². The van der Waals surface area contributed by atoms with Crippen molar-refractivity contribution in [2.75, 3.05) is 50.8 Å². The summed E-state index contributed by atoms with van der Waals surface area (Å²) in [5, 5.41) is 12.5. The Kier molecular flexibility index (Phi) is 6.52. The molecule has 1 aromatic carbocycles. The normalized spacial score (nSPS) is 17.5. The topological polar surface area (TPSA) is 51.1 Å². The molecule has 1 aliphatic rings. The molecule has 5 nitrogen and oxygen atoms in total. The van der Waals surface area contributed by atoms with Gasteiger partial charge in [0.1, 0.15) is 0 Å². The fourth-order valence-corrected chi connectivity index (χ4v) is 2.54. The molecule has 1 atom stereocenters. The molecule has 122 valence electrons. The number of aliphatic hydroxyl groups is 1. The number of nitrogens with one attached hydrogen (secondary N) is 1. The second-order valence-electron chi connectivity index (χ2n) is 5.79. The molecule has 1 heterocycles. The van der Waals surface area contributed by atoms with Gasteiger partial charge in [0.05, 0.1) is 0 Å². The van der Waals surface area contributed by atoms with Gasteiger partial charge in [-0.2, -0.15) is 0 Å². The number of para-hydroxylation sites is 1. The number of nitrogens with zero attached hydrogens (tertiary/aromatic N) is 3. The van der Waals surface area contributed by atoms with Crippen molar-refractivity contribution in [3.8, 4) is 0 Å². The average molecular weight is 304 g/mol. The van der Waals surface area contributed by atoms with E-state index in [1.54, 1.807) is 0 Å². The molecule has 0 amide bonds. The van der Waals surface area contributed by atoms with E-state index in [2.05, 4.69) is 57.4 Å². The Morgan fingerprint density at radius 3 is 2.50 bits per heavy atom. The van der Waals surface area contributed by atoms with Crippen molar-refractivity contribution in [3.63, 3.8) is 0 Å². The lowest BCUT2D eigenvalue weighted by Gasteiger charge is -2.37. The lowest BCUT2D eigenvalue weighted by molar-refractivity contribution is 0.241. The summed E-state index contributed by atoms with van der Waals surface area (Å²) in [6, 6.07) is 10.6. The van der Waals surface area contributed by atoms with Crippen molar-refractivity contribution >= 4 is 11.6 Å².